The largest absolute Gasteiger partial charge is 0.496 e. The summed E-state index contributed by atoms with van der Waals surface area (Å²) in [5.74, 6) is 0.276. The second kappa shape index (κ2) is 5.87. The molecule has 112 valence electrons. The number of hydrogen-bond acceptors (Lipinski definition) is 4. The van der Waals surface area contributed by atoms with Crippen molar-refractivity contribution >= 4 is 12.0 Å². The first kappa shape index (κ1) is 14.9. The molecule has 0 saturated carbocycles. The van der Waals surface area contributed by atoms with Gasteiger partial charge in [-0.25, -0.2) is 9.59 Å². The molecule has 2 N–H and O–H groups in total. The van der Waals surface area contributed by atoms with Gasteiger partial charge in [0, 0.05) is 5.70 Å². The first-order valence-electron chi connectivity index (χ1n) is 6.49. The van der Waals surface area contributed by atoms with Crippen LogP contribution in [-0.4, -0.2) is 26.2 Å². The van der Waals surface area contributed by atoms with Crippen molar-refractivity contribution in [3.63, 3.8) is 0 Å². The van der Waals surface area contributed by atoms with Gasteiger partial charge in [-0.3, -0.25) is 0 Å². The molecule has 6 nitrogen and oxygen atoms in total. The molecule has 1 aromatic carbocycles. The van der Waals surface area contributed by atoms with Crippen LogP contribution in [0.3, 0.4) is 0 Å². The highest BCUT2D eigenvalue weighted by atomic mass is 16.5. The average molecular weight is 290 g/mol. The fourth-order valence-electron chi connectivity index (χ4n) is 2.41. The van der Waals surface area contributed by atoms with Crippen LogP contribution in [0.25, 0.3) is 0 Å². The van der Waals surface area contributed by atoms with E-state index in [0.717, 1.165) is 16.9 Å². The molecule has 1 aromatic rings. The lowest BCUT2D eigenvalue weighted by atomic mass is 9.94. The van der Waals surface area contributed by atoms with E-state index in [1.165, 1.54) is 7.11 Å². The zero-order valence-electron chi connectivity index (χ0n) is 12.4. The van der Waals surface area contributed by atoms with Gasteiger partial charge in [-0.05, 0) is 37.1 Å². The van der Waals surface area contributed by atoms with Crippen molar-refractivity contribution in [1.82, 2.24) is 10.6 Å². The van der Waals surface area contributed by atoms with E-state index in [1.807, 2.05) is 25.1 Å². The molecule has 0 fully saturated rings. The Kier molecular flexibility index (Phi) is 4.16. The highest BCUT2D eigenvalue weighted by Crippen LogP contribution is 2.30. The van der Waals surface area contributed by atoms with Crippen LogP contribution in [0.4, 0.5) is 4.79 Å². The summed E-state index contributed by atoms with van der Waals surface area (Å²) in [6, 6.07) is 4.61. The van der Waals surface area contributed by atoms with Gasteiger partial charge in [0.25, 0.3) is 0 Å². The smallest absolute Gasteiger partial charge is 0.337 e. The Bertz CT molecular complexity index is 622. The van der Waals surface area contributed by atoms with Gasteiger partial charge in [0.05, 0.1) is 25.8 Å². The van der Waals surface area contributed by atoms with Gasteiger partial charge in [0.2, 0.25) is 0 Å². The van der Waals surface area contributed by atoms with Gasteiger partial charge < -0.3 is 20.1 Å². The van der Waals surface area contributed by atoms with E-state index in [2.05, 4.69) is 10.6 Å². The summed E-state index contributed by atoms with van der Waals surface area (Å²) >= 11 is 0. The third-order valence-corrected chi connectivity index (χ3v) is 3.43. The standard InChI is InChI=1S/C15H18N2O4/c1-8-7-10(5-6-11(8)20-3)13-12(14(18)21-4)9(2)16-15(19)17-13/h5-7,13H,1-4H3,(H2,16,17,19). The minimum absolute atomic E-state index is 0.348. The Labute approximate surface area is 123 Å². The number of ether oxygens (including phenoxy) is 2. The Hall–Kier alpha value is -2.50. The van der Waals surface area contributed by atoms with Crippen LogP contribution in [0.15, 0.2) is 29.5 Å². The lowest BCUT2D eigenvalue weighted by Gasteiger charge is -2.28. The summed E-state index contributed by atoms with van der Waals surface area (Å²) in [7, 11) is 2.91. The number of carbonyl (C=O) groups is 2. The first-order chi connectivity index (χ1) is 9.97. The summed E-state index contributed by atoms with van der Waals surface area (Å²) in [6.45, 7) is 3.58. The van der Waals surface area contributed by atoms with E-state index in [4.69, 9.17) is 9.47 Å². The summed E-state index contributed by atoms with van der Waals surface area (Å²) in [5.41, 5.74) is 2.60. The predicted octanol–water partition coefficient (Wildman–Crippen LogP) is 1.80. The molecule has 0 aromatic heterocycles. The molecular weight excluding hydrogens is 272 g/mol. The van der Waals surface area contributed by atoms with E-state index in [1.54, 1.807) is 14.0 Å². The number of carbonyl (C=O) groups excluding carboxylic acids is 2. The summed E-state index contributed by atoms with van der Waals surface area (Å²) in [5, 5.41) is 5.33. The Balaban J connectivity index is 2.48. The molecule has 21 heavy (non-hydrogen) atoms. The van der Waals surface area contributed by atoms with Crippen molar-refractivity contribution in [1.29, 1.82) is 0 Å². The molecule has 0 aliphatic carbocycles. The van der Waals surface area contributed by atoms with E-state index in [0.29, 0.717) is 11.3 Å². The van der Waals surface area contributed by atoms with Crippen LogP contribution >= 0.6 is 0 Å². The molecule has 2 amide bonds. The number of esters is 1. The van der Waals surface area contributed by atoms with Gasteiger partial charge in [0.1, 0.15) is 5.75 Å². The number of amides is 2. The molecule has 1 atom stereocenters. The molecule has 0 saturated heterocycles. The number of allylic oxidation sites excluding steroid dienone is 1. The lowest BCUT2D eigenvalue weighted by Crippen LogP contribution is -2.45. The van der Waals surface area contributed by atoms with Crippen molar-refractivity contribution in [2.75, 3.05) is 14.2 Å². The lowest BCUT2D eigenvalue weighted by molar-refractivity contribution is -0.136. The monoisotopic (exact) mass is 290 g/mol. The number of rotatable bonds is 3. The number of hydrogen-bond donors (Lipinski definition) is 2. The van der Waals surface area contributed by atoms with Gasteiger partial charge in [-0.1, -0.05) is 6.07 Å². The van der Waals surface area contributed by atoms with Crippen LogP contribution in [0.5, 0.6) is 5.75 Å². The van der Waals surface area contributed by atoms with E-state index in [9.17, 15) is 9.59 Å². The molecule has 1 aliphatic heterocycles. The first-order valence-corrected chi connectivity index (χ1v) is 6.49. The van der Waals surface area contributed by atoms with Gasteiger partial charge in [0.15, 0.2) is 0 Å². The van der Waals surface area contributed by atoms with Gasteiger partial charge in [-0.15, -0.1) is 0 Å². The maximum atomic E-state index is 12.0. The second-order valence-corrected chi connectivity index (χ2v) is 4.79. The molecule has 1 unspecified atom stereocenters. The molecule has 1 heterocycles. The van der Waals surface area contributed by atoms with Crippen molar-refractivity contribution in [3.05, 3.63) is 40.6 Å². The minimum Gasteiger partial charge on any atom is -0.496 e. The Morgan fingerprint density at radius 1 is 1.24 bits per heavy atom. The molecule has 0 radical (unpaired) electrons. The van der Waals surface area contributed by atoms with Gasteiger partial charge >= 0.3 is 12.0 Å². The van der Waals surface area contributed by atoms with E-state index >= 15 is 0 Å². The van der Waals surface area contributed by atoms with Crippen LogP contribution in [0.2, 0.25) is 0 Å². The van der Waals surface area contributed by atoms with Crippen molar-refractivity contribution in [2.45, 2.75) is 19.9 Å². The maximum absolute atomic E-state index is 12.0. The molecule has 0 spiro atoms. The zero-order chi connectivity index (χ0) is 15.6. The summed E-state index contributed by atoms with van der Waals surface area (Å²) in [4.78, 5) is 23.7. The number of methoxy groups -OCH3 is 2. The normalized spacial score (nSPS) is 17.9. The SMILES string of the molecule is COC(=O)C1=C(C)NC(=O)NC1c1ccc(OC)c(C)c1. The van der Waals surface area contributed by atoms with Gasteiger partial charge in [-0.2, -0.15) is 0 Å². The number of benzene rings is 1. The van der Waals surface area contributed by atoms with Crippen LogP contribution in [0, 0.1) is 6.92 Å². The fraction of sp³-hybridized carbons (Fsp3) is 0.333. The highest BCUT2D eigenvalue weighted by molar-refractivity contribution is 5.94. The quantitative estimate of drug-likeness (QED) is 0.832. The second-order valence-electron chi connectivity index (χ2n) is 4.79. The number of aryl methyl sites for hydroxylation is 1. The average Bonchev–Trinajstić information content (AvgIpc) is 2.45. The number of nitrogens with one attached hydrogen (secondary N) is 2. The van der Waals surface area contributed by atoms with Crippen molar-refractivity contribution in [3.8, 4) is 5.75 Å². The molecule has 0 bridgehead atoms. The Morgan fingerprint density at radius 3 is 2.52 bits per heavy atom. The highest BCUT2D eigenvalue weighted by Gasteiger charge is 2.31. The summed E-state index contributed by atoms with van der Waals surface area (Å²) in [6.07, 6.45) is 0. The summed E-state index contributed by atoms with van der Waals surface area (Å²) < 4.78 is 10.0. The predicted molar refractivity (Wildman–Crippen MR) is 76.9 cm³/mol. The third-order valence-electron chi connectivity index (χ3n) is 3.43. The van der Waals surface area contributed by atoms with Crippen molar-refractivity contribution < 1.29 is 19.1 Å². The number of urea groups is 1. The topological polar surface area (TPSA) is 76.7 Å². The van der Waals surface area contributed by atoms with E-state index < -0.39 is 12.0 Å². The molecule has 2 rings (SSSR count). The molecule has 6 heteroatoms. The van der Waals surface area contributed by atoms with Crippen LogP contribution < -0.4 is 15.4 Å². The minimum atomic E-state index is -0.546. The third kappa shape index (κ3) is 2.84. The maximum Gasteiger partial charge on any atom is 0.337 e. The zero-order valence-corrected chi connectivity index (χ0v) is 12.4. The Morgan fingerprint density at radius 2 is 1.95 bits per heavy atom. The van der Waals surface area contributed by atoms with E-state index in [-0.39, 0.29) is 6.03 Å². The van der Waals surface area contributed by atoms with Crippen LogP contribution in [-0.2, 0) is 9.53 Å². The van der Waals surface area contributed by atoms with Crippen molar-refractivity contribution in [2.24, 2.45) is 0 Å². The molecule has 1 aliphatic rings. The molecular formula is C15H18N2O4. The van der Waals surface area contributed by atoms with Crippen LogP contribution in [0.1, 0.15) is 24.1 Å². The fourth-order valence-corrected chi connectivity index (χ4v) is 2.41.